The molecule has 0 radical (unpaired) electrons. The van der Waals surface area contributed by atoms with Crippen LogP contribution in [-0.4, -0.2) is 105 Å². The van der Waals surface area contributed by atoms with Crippen molar-refractivity contribution in [3.63, 3.8) is 0 Å². The molecule has 2 heterocycles. The first-order chi connectivity index (χ1) is 11.0. The summed E-state index contributed by atoms with van der Waals surface area (Å²) in [5.74, 6) is 0.626. The molecule has 6 heteroatoms. The van der Waals surface area contributed by atoms with Crippen LogP contribution in [0, 0.1) is 5.92 Å². The zero-order valence-corrected chi connectivity index (χ0v) is 15.4. The average molecular weight is 326 g/mol. The lowest BCUT2D eigenvalue weighted by molar-refractivity contribution is 0.113. The minimum Gasteiger partial charge on any atom is -0.336 e. The van der Waals surface area contributed by atoms with E-state index in [0.29, 0.717) is 12.0 Å². The number of hydrogen-bond acceptors (Lipinski definition) is 4. The van der Waals surface area contributed by atoms with Crippen molar-refractivity contribution in [2.45, 2.75) is 25.8 Å². The van der Waals surface area contributed by atoms with Crippen molar-refractivity contribution in [2.75, 3.05) is 73.5 Å². The maximum Gasteiger partial charge on any atom is 0.317 e. The van der Waals surface area contributed by atoms with Crippen LogP contribution in [0.25, 0.3) is 0 Å². The van der Waals surface area contributed by atoms with Crippen LogP contribution in [0.4, 0.5) is 4.79 Å². The van der Waals surface area contributed by atoms with Gasteiger partial charge in [0, 0.05) is 51.9 Å². The minimum atomic E-state index is 0.118. The Bertz CT molecular complexity index is 378. The van der Waals surface area contributed by atoms with E-state index in [0.717, 1.165) is 58.8 Å². The number of carbonyl (C=O) groups excluding carboxylic acids is 1. The summed E-state index contributed by atoms with van der Waals surface area (Å²) >= 11 is 0. The molecule has 23 heavy (non-hydrogen) atoms. The molecule has 2 aliphatic heterocycles. The van der Waals surface area contributed by atoms with Crippen molar-refractivity contribution in [1.29, 1.82) is 0 Å². The number of carbonyl (C=O) groups is 1. The van der Waals surface area contributed by atoms with E-state index in [2.05, 4.69) is 48.1 Å². The number of rotatable bonds is 6. The summed E-state index contributed by atoms with van der Waals surface area (Å²) in [6, 6.07) is 0.541. The monoisotopic (exact) mass is 325 g/mol. The van der Waals surface area contributed by atoms with Gasteiger partial charge in [-0.2, -0.15) is 0 Å². The Kier molecular flexibility index (Phi) is 7.11. The fraction of sp³-hybridized carbons (Fsp3) is 0.941. The molecule has 2 aliphatic rings. The molecule has 2 rings (SSSR count). The van der Waals surface area contributed by atoms with Crippen LogP contribution in [0.5, 0.6) is 0 Å². The third kappa shape index (κ3) is 5.62. The molecule has 0 aromatic heterocycles. The highest BCUT2D eigenvalue weighted by Gasteiger charge is 2.28. The molecule has 2 saturated heterocycles. The maximum atomic E-state index is 12.4. The largest absolute Gasteiger partial charge is 0.336 e. The fourth-order valence-electron chi connectivity index (χ4n) is 3.72. The Hall–Kier alpha value is -0.850. The van der Waals surface area contributed by atoms with Crippen LogP contribution >= 0.6 is 0 Å². The van der Waals surface area contributed by atoms with Gasteiger partial charge in [0.15, 0.2) is 0 Å². The normalized spacial score (nSPS) is 26.9. The third-order valence-electron chi connectivity index (χ3n) is 5.22. The molecule has 0 unspecified atom stereocenters. The second-order valence-electron chi connectivity index (χ2n) is 7.45. The zero-order valence-electron chi connectivity index (χ0n) is 15.4. The molecule has 0 spiro atoms. The Morgan fingerprint density at radius 3 is 2.74 bits per heavy atom. The lowest BCUT2D eigenvalue weighted by atomic mass is 10.1. The minimum absolute atomic E-state index is 0.118. The Labute approximate surface area is 141 Å². The number of urea groups is 1. The van der Waals surface area contributed by atoms with Crippen molar-refractivity contribution in [2.24, 2.45) is 5.92 Å². The molecule has 134 valence electrons. The second kappa shape index (κ2) is 8.85. The molecule has 0 aromatic rings. The number of hydrogen-bond donors (Lipinski definition) is 1. The van der Waals surface area contributed by atoms with Crippen molar-refractivity contribution in [3.05, 3.63) is 0 Å². The number of nitrogens with one attached hydrogen (secondary N) is 1. The van der Waals surface area contributed by atoms with Crippen LogP contribution in [-0.2, 0) is 0 Å². The summed E-state index contributed by atoms with van der Waals surface area (Å²) in [6.07, 6.45) is 2.32. The van der Waals surface area contributed by atoms with E-state index in [4.69, 9.17) is 0 Å². The summed E-state index contributed by atoms with van der Waals surface area (Å²) in [6.45, 7) is 10.2. The molecule has 6 nitrogen and oxygen atoms in total. The van der Waals surface area contributed by atoms with Crippen molar-refractivity contribution in [3.8, 4) is 0 Å². The number of likely N-dealkylation sites (N-methyl/N-ethyl adjacent to an activating group) is 2. The van der Waals surface area contributed by atoms with Crippen LogP contribution in [0.15, 0.2) is 0 Å². The molecule has 0 aromatic carbocycles. The van der Waals surface area contributed by atoms with E-state index in [-0.39, 0.29) is 6.03 Å². The first-order valence-corrected chi connectivity index (χ1v) is 9.09. The van der Waals surface area contributed by atoms with Gasteiger partial charge in [0.25, 0.3) is 0 Å². The summed E-state index contributed by atoms with van der Waals surface area (Å²) in [5.41, 5.74) is 0. The van der Waals surface area contributed by atoms with Crippen LogP contribution in [0.3, 0.4) is 0 Å². The third-order valence-corrected chi connectivity index (χ3v) is 5.22. The number of nitrogens with zero attached hydrogens (tertiary/aromatic N) is 4. The van der Waals surface area contributed by atoms with Crippen LogP contribution < -0.4 is 5.32 Å². The molecule has 2 fully saturated rings. The van der Waals surface area contributed by atoms with Crippen molar-refractivity contribution < 1.29 is 4.79 Å². The van der Waals surface area contributed by atoms with Gasteiger partial charge in [-0.3, -0.25) is 4.90 Å². The van der Waals surface area contributed by atoms with Crippen LogP contribution in [0.2, 0.25) is 0 Å². The number of amides is 2. The molecular weight excluding hydrogens is 290 g/mol. The molecule has 2 atom stereocenters. The lowest BCUT2D eigenvalue weighted by Crippen LogP contribution is -2.55. The van der Waals surface area contributed by atoms with Gasteiger partial charge in [0.05, 0.1) is 0 Å². The number of piperazine rings is 1. The topological polar surface area (TPSA) is 42.1 Å². The molecule has 0 saturated carbocycles. The lowest BCUT2D eigenvalue weighted by Gasteiger charge is -2.37. The van der Waals surface area contributed by atoms with E-state index < -0.39 is 0 Å². The Morgan fingerprint density at radius 2 is 2.00 bits per heavy atom. The molecule has 2 amide bonds. The highest BCUT2D eigenvalue weighted by atomic mass is 16.2. The molecule has 0 aliphatic carbocycles. The first-order valence-electron chi connectivity index (χ1n) is 9.09. The van der Waals surface area contributed by atoms with Crippen LogP contribution in [0.1, 0.15) is 19.8 Å². The summed E-state index contributed by atoms with van der Waals surface area (Å²) in [4.78, 5) is 21.5. The Morgan fingerprint density at radius 1 is 1.22 bits per heavy atom. The van der Waals surface area contributed by atoms with Gasteiger partial charge in [0.1, 0.15) is 0 Å². The van der Waals surface area contributed by atoms with Crippen molar-refractivity contribution >= 4 is 6.03 Å². The first kappa shape index (κ1) is 18.5. The quantitative estimate of drug-likeness (QED) is 0.777. The summed E-state index contributed by atoms with van der Waals surface area (Å²) < 4.78 is 0. The van der Waals surface area contributed by atoms with E-state index >= 15 is 0 Å². The fourth-order valence-corrected chi connectivity index (χ4v) is 3.72. The van der Waals surface area contributed by atoms with Gasteiger partial charge in [-0.15, -0.1) is 0 Å². The molecule has 0 bridgehead atoms. The molecule has 1 N–H and O–H groups in total. The molecular formula is C17H35N5O. The van der Waals surface area contributed by atoms with Gasteiger partial charge >= 0.3 is 6.03 Å². The van der Waals surface area contributed by atoms with Gasteiger partial charge in [-0.25, -0.2) is 4.79 Å². The van der Waals surface area contributed by atoms with Gasteiger partial charge in [-0.1, -0.05) is 6.92 Å². The van der Waals surface area contributed by atoms with Gasteiger partial charge in [-0.05, 0) is 46.4 Å². The Balaban J connectivity index is 1.70. The highest BCUT2D eigenvalue weighted by molar-refractivity contribution is 5.74. The number of likely N-dealkylation sites (tertiary alicyclic amines) is 1. The highest BCUT2D eigenvalue weighted by Crippen LogP contribution is 2.17. The predicted molar refractivity (Wildman–Crippen MR) is 94.8 cm³/mol. The van der Waals surface area contributed by atoms with Gasteiger partial charge < -0.3 is 20.0 Å². The summed E-state index contributed by atoms with van der Waals surface area (Å²) in [5, 5.41) is 3.15. The van der Waals surface area contributed by atoms with E-state index in [9.17, 15) is 4.79 Å². The maximum absolute atomic E-state index is 12.4. The predicted octanol–water partition coefficient (Wildman–Crippen LogP) is 0.606. The van der Waals surface area contributed by atoms with E-state index in [1.165, 1.54) is 6.42 Å². The SMILES string of the molecule is CCCN(C)C[C@@H]1CCN(C(=O)NC[C@H]2CN(C)CCN2C)C1. The average Bonchev–Trinajstić information content (AvgIpc) is 2.96. The van der Waals surface area contributed by atoms with E-state index in [1.54, 1.807) is 0 Å². The van der Waals surface area contributed by atoms with Crippen molar-refractivity contribution in [1.82, 2.24) is 24.9 Å². The second-order valence-corrected chi connectivity index (χ2v) is 7.45. The smallest absolute Gasteiger partial charge is 0.317 e. The van der Waals surface area contributed by atoms with E-state index in [1.807, 2.05) is 4.90 Å². The zero-order chi connectivity index (χ0) is 16.8. The summed E-state index contributed by atoms with van der Waals surface area (Å²) in [7, 11) is 6.49. The van der Waals surface area contributed by atoms with Gasteiger partial charge in [0.2, 0.25) is 0 Å². The standard InChI is InChI=1S/C17H35N5O/c1-5-7-19(2)12-15-6-8-22(13-15)17(23)18-11-16-14-20(3)9-10-21(16)4/h15-16H,5-14H2,1-4H3,(H,18,23)/t15-,16-/m0/s1.